The summed E-state index contributed by atoms with van der Waals surface area (Å²) in [5, 5.41) is 1.55. The summed E-state index contributed by atoms with van der Waals surface area (Å²) in [7, 11) is -2.69. The van der Waals surface area contributed by atoms with Gasteiger partial charge in [-0.3, -0.25) is 4.57 Å². The van der Waals surface area contributed by atoms with E-state index in [0.717, 1.165) is 12.0 Å². The molecule has 0 radical (unpaired) electrons. The first-order valence-corrected chi connectivity index (χ1v) is 7.37. The van der Waals surface area contributed by atoms with Crippen molar-refractivity contribution in [3.63, 3.8) is 0 Å². The van der Waals surface area contributed by atoms with Crippen LogP contribution in [0.3, 0.4) is 0 Å². The van der Waals surface area contributed by atoms with Crippen molar-refractivity contribution in [2.45, 2.75) is 32.0 Å². The second kappa shape index (κ2) is 5.32. The highest BCUT2D eigenvalue weighted by molar-refractivity contribution is 7.53. The molecule has 0 aliphatic heterocycles. The molecule has 0 amide bonds. The monoisotopic (exact) mass is 257 g/mol. The minimum Gasteiger partial charge on any atom is -0.323 e. The Kier molecular flexibility index (Phi) is 4.50. The predicted molar refractivity (Wildman–Crippen MR) is 68.9 cm³/mol. The lowest BCUT2D eigenvalue weighted by Crippen LogP contribution is -2.40. The summed E-state index contributed by atoms with van der Waals surface area (Å²) in [5.74, 6) is 0. The quantitative estimate of drug-likeness (QED) is 0.707. The van der Waals surface area contributed by atoms with Crippen LogP contribution >= 0.6 is 7.60 Å². The molecule has 0 saturated heterocycles. The Morgan fingerprint density at radius 3 is 2.29 bits per heavy atom. The lowest BCUT2D eigenvalue weighted by atomic mass is 9.96. The maximum Gasteiger partial charge on any atom is 0.349 e. The van der Waals surface area contributed by atoms with Gasteiger partial charge in [-0.15, -0.1) is 0 Å². The standard InChI is InChI=1S/C12H20NO3P/c1-4-10-8-6-7-9-11(10)12(5-2,13-3)17(14,15)16/h6-9,13H,4-5H2,1-3H3,(H2,14,15,16). The van der Waals surface area contributed by atoms with Gasteiger partial charge in [0.05, 0.1) is 0 Å². The number of nitrogens with one attached hydrogen (secondary N) is 1. The molecule has 17 heavy (non-hydrogen) atoms. The average Bonchev–Trinajstić information content (AvgIpc) is 2.30. The van der Waals surface area contributed by atoms with Gasteiger partial charge in [-0.1, -0.05) is 38.1 Å². The molecule has 1 aromatic rings. The van der Waals surface area contributed by atoms with Gasteiger partial charge in [0.1, 0.15) is 5.28 Å². The second-order valence-corrected chi connectivity index (χ2v) is 5.87. The minimum absolute atomic E-state index is 0.338. The predicted octanol–water partition coefficient (Wildman–Crippen LogP) is 2.21. The van der Waals surface area contributed by atoms with E-state index >= 15 is 0 Å². The fraction of sp³-hybridized carbons (Fsp3) is 0.500. The van der Waals surface area contributed by atoms with E-state index in [2.05, 4.69) is 5.32 Å². The number of hydrogen-bond acceptors (Lipinski definition) is 2. The summed E-state index contributed by atoms with van der Waals surface area (Å²) in [5.41, 5.74) is 1.66. The van der Waals surface area contributed by atoms with Crippen molar-refractivity contribution in [2.24, 2.45) is 0 Å². The highest BCUT2D eigenvalue weighted by atomic mass is 31.2. The van der Waals surface area contributed by atoms with E-state index < -0.39 is 12.9 Å². The molecular formula is C12H20NO3P. The van der Waals surface area contributed by atoms with Crippen molar-refractivity contribution in [3.05, 3.63) is 35.4 Å². The molecule has 96 valence electrons. The summed E-state index contributed by atoms with van der Waals surface area (Å²) in [6.07, 6.45) is 1.09. The summed E-state index contributed by atoms with van der Waals surface area (Å²) in [6.45, 7) is 3.76. The zero-order valence-electron chi connectivity index (χ0n) is 10.5. The maximum absolute atomic E-state index is 11.8. The van der Waals surface area contributed by atoms with Gasteiger partial charge in [0.25, 0.3) is 0 Å². The molecular weight excluding hydrogens is 237 g/mol. The topological polar surface area (TPSA) is 69.6 Å². The van der Waals surface area contributed by atoms with Gasteiger partial charge in [0, 0.05) is 0 Å². The Bertz CT molecular complexity index is 424. The van der Waals surface area contributed by atoms with Crippen LogP contribution in [0.2, 0.25) is 0 Å². The molecule has 0 aliphatic rings. The van der Waals surface area contributed by atoms with Crippen LogP contribution in [-0.4, -0.2) is 16.8 Å². The van der Waals surface area contributed by atoms with Crippen molar-refractivity contribution in [1.29, 1.82) is 0 Å². The van der Waals surface area contributed by atoms with E-state index in [9.17, 15) is 14.4 Å². The molecule has 0 heterocycles. The van der Waals surface area contributed by atoms with E-state index in [1.807, 2.05) is 25.1 Å². The Morgan fingerprint density at radius 1 is 1.29 bits per heavy atom. The van der Waals surface area contributed by atoms with Crippen LogP contribution in [0.25, 0.3) is 0 Å². The van der Waals surface area contributed by atoms with Gasteiger partial charge in [-0.25, -0.2) is 0 Å². The molecule has 0 fully saturated rings. The zero-order valence-corrected chi connectivity index (χ0v) is 11.4. The molecule has 1 atom stereocenters. The number of aryl methyl sites for hydroxylation is 1. The Hall–Kier alpha value is -0.670. The summed E-state index contributed by atoms with van der Waals surface area (Å²) < 4.78 is 11.8. The maximum atomic E-state index is 11.8. The van der Waals surface area contributed by atoms with Crippen LogP contribution in [-0.2, 0) is 16.3 Å². The Morgan fingerprint density at radius 2 is 1.88 bits per heavy atom. The fourth-order valence-corrected chi connectivity index (χ4v) is 3.48. The van der Waals surface area contributed by atoms with Gasteiger partial charge in [0.2, 0.25) is 0 Å². The zero-order chi connectivity index (χ0) is 13.1. The molecule has 0 aromatic heterocycles. The average molecular weight is 257 g/mol. The molecule has 0 bridgehead atoms. The molecule has 1 rings (SSSR count). The number of rotatable bonds is 5. The highest BCUT2D eigenvalue weighted by Crippen LogP contribution is 2.57. The van der Waals surface area contributed by atoms with Crippen molar-refractivity contribution < 1.29 is 14.4 Å². The van der Waals surface area contributed by atoms with Crippen molar-refractivity contribution in [1.82, 2.24) is 5.32 Å². The van der Waals surface area contributed by atoms with Crippen LogP contribution in [0.1, 0.15) is 31.4 Å². The van der Waals surface area contributed by atoms with E-state index in [1.54, 1.807) is 20.0 Å². The summed E-state index contributed by atoms with van der Waals surface area (Å²) in [4.78, 5) is 19.3. The van der Waals surface area contributed by atoms with Crippen LogP contribution in [0, 0.1) is 0 Å². The number of benzene rings is 1. The normalized spacial score (nSPS) is 15.6. The third-order valence-corrected chi connectivity index (χ3v) is 5.04. The highest BCUT2D eigenvalue weighted by Gasteiger charge is 2.46. The van der Waals surface area contributed by atoms with Crippen LogP contribution in [0.5, 0.6) is 0 Å². The van der Waals surface area contributed by atoms with Crippen LogP contribution < -0.4 is 5.32 Å². The first-order chi connectivity index (χ1) is 7.93. The van der Waals surface area contributed by atoms with Gasteiger partial charge >= 0.3 is 7.60 Å². The number of hydrogen-bond donors (Lipinski definition) is 3. The van der Waals surface area contributed by atoms with Crippen molar-refractivity contribution in [2.75, 3.05) is 7.05 Å². The van der Waals surface area contributed by atoms with E-state index in [0.29, 0.717) is 12.0 Å². The molecule has 5 heteroatoms. The third kappa shape index (κ3) is 2.45. The molecule has 0 aliphatic carbocycles. The molecule has 1 unspecified atom stereocenters. The van der Waals surface area contributed by atoms with E-state index in [-0.39, 0.29) is 0 Å². The van der Waals surface area contributed by atoms with Gasteiger partial charge < -0.3 is 15.1 Å². The smallest absolute Gasteiger partial charge is 0.323 e. The second-order valence-electron chi connectivity index (χ2n) is 4.02. The molecule has 0 spiro atoms. The first kappa shape index (κ1) is 14.4. The lowest BCUT2D eigenvalue weighted by molar-refractivity contribution is 0.300. The van der Waals surface area contributed by atoms with Crippen LogP contribution in [0.4, 0.5) is 0 Å². The Balaban J connectivity index is 3.48. The molecule has 1 aromatic carbocycles. The molecule has 3 N–H and O–H groups in total. The van der Waals surface area contributed by atoms with Gasteiger partial charge in [-0.05, 0) is 31.0 Å². The largest absolute Gasteiger partial charge is 0.349 e. The lowest BCUT2D eigenvalue weighted by Gasteiger charge is -2.35. The van der Waals surface area contributed by atoms with Gasteiger partial charge in [-0.2, -0.15) is 0 Å². The fourth-order valence-electron chi connectivity index (χ4n) is 2.24. The first-order valence-electron chi connectivity index (χ1n) is 5.75. The van der Waals surface area contributed by atoms with E-state index in [1.165, 1.54) is 0 Å². The molecule has 4 nitrogen and oxygen atoms in total. The van der Waals surface area contributed by atoms with Gasteiger partial charge in [0.15, 0.2) is 0 Å². The van der Waals surface area contributed by atoms with E-state index in [4.69, 9.17) is 0 Å². The Labute approximate surface area is 102 Å². The van der Waals surface area contributed by atoms with Crippen LogP contribution in [0.15, 0.2) is 24.3 Å². The minimum atomic E-state index is -4.28. The summed E-state index contributed by atoms with van der Waals surface area (Å²) >= 11 is 0. The van der Waals surface area contributed by atoms with Crippen molar-refractivity contribution >= 4 is 7.60 Å². The summed E-state index contributed by atoms with van der Waals surface area (Å²) in [6, 6.07) is 7.40. The van der Waals surface area contributed by atoms with Crippen molar-refractivity contribution in [3.8, 4) is 0 Å². The third-order valence-electron chi connectivity index (χ3n) is 3.27. The molecule has 0 saturated carbocycles. The SMILES string of the molecule is CCc1ccccc1C(CC)(NC)P(=O)(O)O.